The number of amides is 2. The van der Waals surface area contributed by atoms with Crippen LogP contribution in [0.3, 0.4) is 0 Å². The van der Waals surface area contributed by atoms with E-state index >= 15 is 0 Å². The first kappa shape index (κ1) is 18.4. The largest absolute Gasteiger partial charge is 0.468 e. The average Bonchev–Trinajstić information content (AvgIpc) is 3.07. The van der Waals surface area contributed by atoms with E-state index in [0.29, 0.717) is 16.9 Å². The van der Waals surface area contributed by atoms with E-state index in [2.05, 4.69) is 10.3 Å². The van der Waals surface area contributed by atoms with E-state index < -0.39 is 23.7 Å². The first-order chi connectivity index (χ1) is 12.9. The first-order valence-corrected chi connectivity index (χ1v) is 8.35. The molecule has 3 rings (SSSR count). The first-order valence-electron chi connectivity index (χ1n) is 8.35. The van der Waals surface area contributed by atoms with Crippen LogP contribution in [0.1, 0.15) is 11.5 Å². The molecule has 0 aliphatic carbocycles. The number of hydrogen-bond donors (Lipinski definition) is 1. The number of benzene rings is 1. The van der Waals surface area contributed by atoms with Gasteiger partial charge in [0.1, 0.15) is 11.7 Å². The molecule has 1 N–H and O–H groups in total. The van der Waals surface area contributed by atoms with Gasteiger partial charge < -0.3 is 19.9 Å². The molecule has 1 aliphatic rings. The van der Waals surface area contributed by atoms with E-state index in [1.807, 2.05) is 19.0 Å². The SMILES string of the molecule is COC(=O)[C@H]1CN(C(=O)C(=O)Nc2ccc(N(C)C)nc2)c2ccccc21. The number of ether oxygens (including phenoxy) is 1. The molecule has 0 saturated heterocycles. The van der Waals surface area contributed by atoms with Crippen molar-refractivity contribution in [3.63, 3.8) is 0 Å². The minimum atomic E-state index is -0.797. The van der Waals surface area contributed by atoms with Crippen molar-refractivity contribution < 1.29 is 19.1 Å². The maximum absolute atomic E-state index is 12.7. The molecule has 0 bridgehead atoms. The minimum Gasteiger partial charge on any atom is -0.468 e. The molecule has 2 aromatic rings. The Balaban J connectivity index is 1.77. The summed E-state index contributed by atoms with van der Waals surface area (Å²) in [5.41, 5.74) is 1.62. The lowest BCUT2D eigenvalue weighted by Gasteiger charge is -2.17. The number of hydrogen-bond acceptors (Lipinski definition) is 6. The number of rotatable bonds is 3. The Morgan fingerprint density at radius 2 is 1.93 bits per heavy atom. The van der Waals surface area contributed by atoms with Crippen LogP contribution in [0, 0.1) is 0 Å². The fourth-order valence-corrected chi connectivity index (χ4v) is 2.98. The highest BCUT2D eigenvalue weighted by Crippen LogP contribution is 2.36. The molecule has 8 nitrogen and oxygen atoms in total. The molecule has 0 unspecified atom stereocenters. The third kappa shape index (κ3) is 3.59. The van der Waals surface area contributed by atoms with Crippen molar-refractivity contribution in [3.05, 3.63) is 48.2 Å². The lowest BCUT2D eigenvalue weighted by atomic mass is 10.0. The van der Waals surface area contributed by atoms with Crippen LogP contribution in [0.5, 0.6) is 0 Å². The predicted octanol–water partition coefficient (Wildman–Crippen LogP) is 1.39. The van der Waals surface area contributed by atoms with Crippen LogP contribution in [-0.2, 0) is 19.1 Å². The summed E-state index contributed by atoms with van der Waals surface area (Å²) in [5, 5.41) is 2.55. The number of carbonyl (C=O) groups is 3. The number of nitrogens with zero attached hydrogens (tertiary/aromatic N) is 3. The number of anilines is 3. The fraction of sp³-hybridized carbons (Fsp3) is 0.263. The van der Waals surface area contributed by atoms with Gasteiger partial charge in [0, 0.05) is 26.3 Å². The van der Waals surface area contributed by atoms with Gasteiger partial charge in [0.05, 0.1) is 19.0 Å². The summed E-state index contributed by atoms with van der Waals surface area (Å²) < 4.78 is 4.82. The van der Waals surface area contributed by atoms with Gasteiger partial charge in [-0.05, 0) is 23.8 Å². The maximum atomic E-state index is 12.7. The molecule has 2 amide bonds. The summed E-state index contributed by atoms with van der Waals surface area (Å²) in [5.74, 6) is -1.86. The number of carbonyl (C=O) groups excluding carboxylic acids is 3. The second-order valence-corrected chi connectivity index (χ2v) is 6.30. The zero-order valence-corrected chi connectivity index (χ0v) is 15.3. The van der Waals surface area contributed by atoms with E-state index in [-0.39, 0.29) is 6.54 Å². The van der Waals surface area contributed by atoms with Crippen LogP contribution >= 0.6 is 0 Å². The van der Waals surface area contributed by atoms with Gasteiger partial charge in [0.25, 0.3) is 0 Å². The van der Waals surface area contributed by atoms with Gasteiger partial charge in [-0.3, -0.25) is 14.4 Å². The highest BCUT2D eigenvalue weighted by molar-refractivity contribution is 6.44. The summed E-state index contributed by atoms with van der Waals surface area (Å²) in [6.45, 7) is 0.0656. The number of pyridine rings is 1. The van der Waals surface area contributed by atoms with Gasteiger partial charge in [0.15, 0.2) is 0 Å². The molecule has 1 aromatic heterocycles. The van der Waals surface area contributed by atoms with E-state index in [9.17, 15) is 14.4 Å². The second-order valence-electron chi connectivity index (χ2n) is 6.30. The molecule has 1 atom stereocenters. The van der Waals surface area contributed by atoms with Gasteiger partial charge in [-0.1, -0.05) is 18.2 Å². The molecule has 0 fully saturated rings. The van der Waals surface area contributed by atoms with Crippen molar-refractivity contribution >= 4 is 35.0 Å². The standard InChI is InChI=1S/C19H20N4O4/c1-22(2)16-9-8-12(10-20-16)21-17(24)18(25)23-11-14(19(26)27-3)13-6-4-5-7-15(13)23/h4-10,14H,11H2,1-3H3,(H,21,24)/t14-/m0/s1. The third-order valence-corrected chi connectivity index (χ3v) is 4.36. The van der Waals surface area contributed by atoms with Gasteiger partial charge in [-0.2, -0.15) is 0 Å². The van der Waals surface area contributed by atoms with Crippen molar-refractivity contribution in [2.75, 3.05) is 42.9 Å². The van der Waals surface area contributed by atoms with Crippen molar-refractivity contribution in [3.8, 4) is 0 Å². The van der Waals surface area contributed by atoms with Crippen LogP contribution in [0.25, 0.3) is 0 Å². The number of methoxy groups -OCH3 is 1. The van der Waals surface area contributed by atoms with Crippen molar-refractivity contribution in [2.24, 2.45) is 0 Å². The molecule has 27 heavy (non-hydrogen) atoms. The molecule has 1 aromatic carbocycles. The van der Waals surface area contributed by atoms with E-state index in [0.717, 1.165) is 5.82 Å². The Labute approximate surface area is 156 Å². The lowest BCUT2D eigenvalue weighted by molar-refractivity contribution is -0.142. The van der Waals surface area contributed by atoms with E-state index in [1.54, 1.807) is 36.4 Å². The molecule has 2 heterocycles. The zero-order valence-electron chi connectivity index (χ0n) is 15.3. The molecular formula is C19H20N4O4. The van der Waals surface area contributed by atoms with Crippen LogP contribution in [0.15, 0.2) is 42.6 Å². The highest BCUT2D eigenvalue weighted by Gasteiger charge is 2.39. The molecule has 0 saturated carbocycles. The van der Waals surface area contributed by atoms with Crippen LogP contribution < -0.4 is 15.1 Å². The topological polar surface area (TPSA) is 91.8 Å². The molecule has 0 spiro atoms. The molecule has 0 radical (unpaired) electrons. The summed E-state index contributed by atoms with van der Waals surface area (Å²) in [6.07, 6.45) is 1.48. The monoisotopic (exact) mass is 368 g/mol. The Bertz CT molecular complexity index is 880. The van der Waals surface area contributed by atoms with Crippen LogP contribution in [0.2, 0.25) is 0 Å². The van der Waals surface area contributed by atoms with Crippen molar-refractivity contribution in [2.45, 2.75) is 5.92 Å². The molecule has 8 heteroatoms. The Morgan fingerprint density at radius 3 is 2.56 bits per heavy atom. The summed E-state index contributed by atoms with van der Waals surface area (Å²) in [7, 11) is 5.01. The minimum absolute atomic E-state index is 0.0656. The molecule has 140 valence electrons. The quantitative estimate of drug-likeness (QED) is 0.650. The fourth-order valence-electron chi connectivity index (χ4n) is 2.98. The van der Waals surface area contributed by atoms with Crippen molar-refractivity contribution in [1.82, 2.24) is 4.98 Å². The number of nitrogens with one attached hydrogen (secondary N) is 1. The number of esters is 1. The van der Waals surface area contributed by atoms with E-state index in [1.165, 1.54) is 18.2 Å². The third-order valence-electron chi connectivity index (χ3n) is 4.36. The number of aromatic nitrogens is 1. The molecular weight excluding hydrogens is 348 g/mol. The normalized spacial score (nSPS) is 15.1. The highest BCUT2D eigenvalue weighted by atomic mass is 16.5. The summed E-state index contributed by atoms with van der Waals surface area (Å²) >= 11 is 0. The average molecular weight is 368 g/mol. The number of fused-ring (bicyclic) bond motifs is 1. The Morgan fingerprint density at radius 1 is 1.19 bits per heavy atom. The molecule has 1 aliphatic heterocycles. The van der Waals surface area contributed by atoms with Gasteiger partial charge in [-0.25, -0.2) is 4.98 Å². The van der Waals surface area contributed by atoms with Gasteiger partial charge in [0.2, 0.25) is 0 Å². The Kier molecular flexibility index (Phi) is 5.07. The second kappa shape index (κ2) is 7.45. The maximum Gasteiger partial charge on any atom is 0.316 e. The van der Waals surface area contributed by atoms with Crippen LogP contribution in [-0.4, -0.2) is 50.5 Å². The Hall–Kier alpha value is -3.42. The van der Waals surface area contributed by atoms with Crippen LogP contribution in [0.4, 0.5) is 17.2 Å². The van der Waals surface area contributed by atoms with Gasteiger partial charge >= 0.3 is 17.8 Å². The summed E-state index contributed by atoms with van der Waals surface area (Å²) in [6, 6.07) is 10.4. The smallest absolute Gasteiger partial charge is 0.316 e. The van der Waals surface area contributed by atoms with Crippen molar-refractivity contribution in [1.29, 1.82) is 0 Å². The predicted molar refractivity (Wildman–Crippen MR) is 101 cm³/mol. The summed E-state index contributed by atoms with van der Waals surface area (Å²) in [4.78, 5) is 44.4. The lowest BCUT2D eigenvalue weighted by Crippen LogP contribution is -2.39. The number of para-hydroxylation sites is 1. The van der Waals surface area contributed by atoms with E-state index in [4.69, 9.17) is 4.74 Å². The van der Waals surface area contributed by atoms with Gasteiger partial charge in [-0.15, -0.1) is 0 Å². The zero-order chi connectivity index (χ0) is 19.6.